The molecule has 0 radical (unpaired) electrons. The van der Waals surface area contributed by atoms with Crippen LogP contribution >= 0.6 is 0 Å². The van der Waals surface area contributed by atoms with Crippen LogP contribution in [-0.4, -0.2) is 9.13 Å². The quantitative estimate of drug-likeness (QED) is 0.185. The van der Waals surface area contributed by atoms with E-state index in [0.29, 0.717) is 0 Å². The van der Waals surface area contributed by atoms with Crippen LogP contribution in [0.5, 0.6) is 0 Å². The fourth-order valence-corrected chi connectivity index (χ4v) is 7.73. The molecule has 0 bridgehead atoms. The van der Waals surface area contributed by atoms with E-state index >= 15 is 0 Å². The molecule has 0 saturated heterocycles. The average molecular weight is 626 g/mol. The Morgan fingerprint density at radius 2 is 0.857 bits per heavy atom. The Morgan fingerprint density at radius 3 is 1.53 bits per heavy atom. The molecule has 0 atom stereocenters. The maximum Gasteiger partial charge on any atom is 0.0619 e. The molecular weight excluding hydrogens is 595 g/mol. The molecule has 0 aliphatic heterocycles. The highest BCUT2D eigenvalue weighted by Crippen LogP contribution is 2.43. The maximum atomic E-state index is 2.44. The van der Waals surface area contributed by atoms with Crippen molar-refractivity contribution in [2.75, 3.05) is 4.90 Å². The molecule has 0 spiro atoms. The summed E-state index contributed by atoms with van der Waals surface area (Å²) in [6.07, 6.45) is 0. The lowest BCUT2D eigenvalue weighted by Gasteiger charge is -2.25. The third kappa shape index (κ3) is 4.29. The van der Waals surface area contributed by atoms with Crippen molar-refractivity contribution in [3.63, 3.8) is 0 Å². The monoisotopic (exact) mass is 625 g/mol. The van der Waals surface area contributed by atoms with Crippen LogP contribution in [0, 0.1) is 0 Å². The minimum Gasteiger partial charge on any atom is -0.310 e. The van der Waals surface area contributed by atoms with Crippen LogP contribution in [0.2, 0.25) is 0 Å². The van der Waals surface area contributed by atoms with E-state index in [1.165, 1.54) is 54.4 Å². The lowest BCUT2D eigenvalue weighted by Crippen LogP contribution is -2.09. The third-order valence-electron chi connectivity index (χ3n) is 9.83. The summed E-state index contributed by atoms with van der Waals surface area (Å²) >= 11 is 0. The number of benzene rings is 8. The molecular formula is C46H31N3. The number of hydrogen-bond donors (Lipinski definition) is 0. The first-order valence-electron chi connectivity index (χ1n) is 16.8. The summed E-state index contributed by atoms with van der Waals surface area (Å²) in [6, 6.07) is 67.9. The second-order valence-electron chi connectivity index (χ2n) is 12.6. The van der Waals surface area contributed by atoms with Gasteiger partial charge in [0.1, 0.15) is 0 Å². The highest BCUT2D eigenvalue weighted by Gasteiger charge is 2.20. The summed E-state index contributed by atoms with van der Waals surface area (Å²) in [4.78, 5) is 2.34. The summed E-state index contributed by atoms with van der Waals surface area (Å²) in [5, 5.41) is 7.43. The number of nitrogens with zero attached hydrogens (tertiary/aromatic N) is 3. The molecule has 0 unspecified atom stereocenters. The summed E-state index contributed by atoms with van der Waals surface area (Å²) in [5.41, 5.74) is 10.5. The van der Waals surface area contributed by atoms with Gasteiger partial charge < -0.3 is 14.0 Å². The number of rotatable bonds is 5. The Bertz CT molecular complexity index is 2760. The molecule has 2 aromatic heterocycles. The normalized spacial score (nSPS) is 11.7. The molecule has 0 aliphatic carbocycles. The van der Waals surface area contributed by atoms with Crippen molar-refractivity contribution >= 4 is 71.4 Å². The van der Waals surface area contributed by atoms with Crippen molar-refractivity contribution in [3.8, 4) is 11.4 Å². The Balaban J connectivity index is 1.33. The van der Waals surface area contributed by atoms with Crippen LogP contribution in [0.1, 0.15) is 0 Å². The average Bonchev–Trinajstić information content (AvgIpc) is 3.68. The number of fused-ring (bicyclic) bond motifs is 8. The molecule has 10 rings (SSSR count). The van der Waals surface area contributed by atoms with Crippen LogP contribution in [-0.2, 0) is 0 Å². The SMILES string of the molecule is c1ccc(N(c2ccccc2)c2ccc3c(c2)c2cc4c(ccc5c6ccccc6n(-c6ccccc6)c45)cc2n3-c2ccccc2)cc1. The van der Waals surface area contributed by atoms with E-state index in [-0.39, 0.29) is 0 Å². The fraction of sp³-hybridized carbons (Fsp3) is 0. The number of anilines is 3. The molecule has 0 amide bonds. The summed E-state index contributed by atoms with van der Waals surface area (Å²) in [6.45, 7) is 0. The van der Waals surface area contributed by atoms with Gasteiger partial charge in [-0.05, 0) is 90.3 Å². The molecule has 49 heavy (non-hydrogen) atoms. The molecule has 3 nitrogen and oxygen atoms in total. The van der Waals surface area contributed by atoms with Gasteiger partial charge in [0.2, 0.25) is 0 Å². The van der Waals surface area contributed by atoms with Gasteiger partial charge in [-0.1, -0.05) is 103 Å². The van der Waals surface area contributed by atoms with Gasteiger partial charge in [0, 0.05) is 55.4 Å². The standard InChI is InChI=1S/C46H31N3/c1-5-15-33(16-6-1)47(34-17-7-2-8-18-34)37-26-28-44-41(30-37)42-31-40-32(29-45(42)48(44)35-19-9-3-10-20-35)25-27-39-38-23-13-14-24-43(38)49(46(39)40)36-21-11-4-12-22-36/h1-31H. The van der Waals surface area contributed by atoms with Crippen LogP contribution in [0.25, 0.3) is 65.8 Å². The second kappa shape index (κ2) is 11.0. The lowest BCUT2D eigenvalue weighted by molar-refractivity contribution is 1.18. The first-order valence-corrected chi connectivity index (χ1v) is 16.8. The molecule has 2 heterocycles. The zero-order chi connectivity index (χ0) is 32.3. The van der Waals surface area contributed by atoms with E-state index in [9.17, 15) is 0 Å². The smallest absolute Gasteiger partial charge is 0.0619 e. The van der Waals surface area contributed by atoms with Crippen molar-refractivity contribution in [1.29, 1.82) is 0 Å². The predicted octanol–water partition coefficient (Wildman–Crippen LogP) is 12.5. The Kier molecular flexibility index (Phi) is 6.18. The number of para-hydroxylation sites is 5. The van der Waals surface area contributed by atoms with Gasteiger partial charge in [0.05, 0.1) is 22.1 Å². The molecule has 0 N–H and O–H groups in total. The van der Waals surface area contributed by atoms with Gasteiger partial charge in [0.25, 0.3) is 0 Å². The van der Waals surface area contributed by atoms with Gasteiger partial charge in [-0.15, -0.1) is 0 Å². The van der Waals surface area contributed by atoms with Crippen LogP contribution < -0.4 is 4.90 Å². The van der Waals surface area contributed by atoms with Crippen LogP contribution in [0.3, 0.4) is 0 Å². The van der Waals surface area contributed by atoms with Gasteiger partial charge in [-0.3, -0.25) is 0 Å². The molecule has 0 saturated carbocycles. The zero-order valence-electron chi connectivity index (χ0n) is 26.7. The third-order valence-corrected chi connectivity index (χ3v) is 9.83. The summed E-state index contributed by atoms with van der Waals surface area (Å²) in [5.74, 6) is 0. The summed E-state index contributed by atoms with van der Waals surface area (Å²) in [7, 11) is 0. The first-order chi connectivity index (χ1) is 24.3. The largest absolute Gasteiger partial charge is 0.310 e. The van der Waals surface area contributed by atoms with E-state index in [2.05, 4.69) is 202 Å². The molecule has 230 valence electrons. The highest BCUT2D eigenvalue weighted by molar-refractivity contribution is 6.23. The Morgan fingerprint density at radius 1 is 0.306 bits per heavy atom. The van der Waals surface area contributed by atoms with Crippen LogP contribution in [0.4, 0.5) is 17.1 Å². The van der Waals surface area contributed by atoms with Crippen molar-refractivity contribution in [2.24, 2.45) is 0 Å². The molecule has 0 aliphatic rings. The number of hydrogen-bond acceptors (Lipinski definition) is 1. The van der Waals surface area contributed by atoms with E-state index in [4.69, 9.17) is 0 Å². The maximum absolute atomic E-state index is 2.44. The molecule has 10 aromatic rings. The summed E-state index contributed by atoms with van der Waals surface area (Å²) < 4.78 is 4.85. The van der Waals surface area contributed by atoms with Gasteiger partial charge in [0.15, 0.2) is 0 Å². The van der Waals surface area contributed by atoms with E-state index in [1.54, 1.807) is 0 Å². The minimum absolute atomic E-state index is 1.12. The first kappa shape index (κ1) is 27.5. The second-order valence-corrected chi connectivity index (χ2v) is 12.6. The Labute approximate surface area is 284 Å². The Hall–Kier alpha value is -6.58. The van der Waals surface area contributed by atoms with E-state index < -0.39 is 0 Å². The van der Waals surface area contributed by atoms with Crippen molar-refractivity contribution in [3.05, 3.63) is 188 Å². The lowest BCUT2D eigenvalue weighted by atomic mass is 10.0. The van der Waals surface area contributed by atoms with Gasteiger partial charge in [-0.25, -0.2) is 0 Å². The molecule has 3 heteroatoms. The van der Waals surface area contributed by atoms with E-state index in [0.717, 1.165) is 28.4 Å². The van der Waals surface area contributed by atoms with Gasteiger partial charge in [-0.2, -0.15) is 0 Å². The van der Waals surface area contributed by atoms with Crippen molar-refractivity contribution in [2.45, 2.75) is 0 Å². The molecule has 0 fully saturated rings. The van der Waals surface area contributed by atoms with Crippen LogP contribution in [0.15, 0.2) is 188 Å². The van der Waals surface area contributed by atoms with Crippen molar-refractivity contribution in [1.82, 2.24) is 9.13 Å². The minimum atomic E-state index is 1.12. The molecule has 8 aromatic carbocycles. The van der Waals surface area contributed by atoms with Gasteiger partial charge >= 0.3 is 0 Å². The predicted molar refractivity (Wildman–Crippen MR) is 207 cm³/mol. The highest BCUT2D eigenvalue weighted by atomic mass is 15.1. The topological polar surface area (TPSA) is 13.1 Å². The number of aromatic nitrogens is 2. The van der Waals surface area contributed by atoms with Crippen molar-refractivity contribution < 1.29 is 0 Å². The van der Waals surface area contributed by atoms with E-state index in [1.807, 2.05) is 0 Å². The zero-order valence-corrected chi connectivity index (χ0v) is 26.7. The fourth-order valence-electron chi connectivity index (χ4n) is 7.73.